The van der Waals surface area contributed by atoms with Crippen LogP contribution in [0.4, 0.5) is 0 Å². The predicted molar refractivity (Wildman–Crippen MR) is 79.7 cm³/mol. The second kappa shape index (κ2) is 7.06. The summed E-state index contributed by atoms with van der Waals surface area (Å²) in [5.41, 5.74) is 1.13. The summed E-state index contributed by atoms with van der Waals surface area (Å²) < 4.78 is 24.6. The fourth-order valence-electron chi connectivity index (χ4n) is 2.42. The van der Waals surface area contributed by atoms with Gasteiger partial charge in [-0.1, -0.05) is 0 Å². The van der Waals surface area contributed by atoms with Crippen molar-refractivity contribution in [3.05, 3.63) is 17.7 Å². The van der Waals surface area contributed by atoms with Gasteiger partial charge in [-0.15, -0.1) is 0 Å². The van der Waals surface area contributed by atoms with Crippen LogP contribution in [-0.4, -0.2) is 42.8 Å². The van der Waals surface area contributed by atoms with E-state index in [0.29, 0.717) is 23.3 Å². The minimum Gasteiger partial charge on any atom is -0.493 e. The van der Waals surface area contributed by atoms with E-state index in [4.69, 9.17) is 18.2 Å². The van der Waals surface area contributed by atoms with E-state index >= 15 is 0 Å². The van der Waals surface area contributed by atoms with Crippen LogP contribution in [0.15, 0.2) is 12.1 Å². The highest BCUT2D eigenvalue weighted by Crippen LogP contribution is 2.40. The van der Waals surface area contributed by atoms with E-state index in [1.807, 2.05) is 12.1 Å². The third-order valence-electron chi connectivity index (χ3n) is 3.69. The minimum atomic E-state index is 0.283. The van der Waals surface area contributed by atoms with Gasteiger partial charge in [0.15, 0.2) is 11.5 Å². The first-order valence-corrected chi connectivity index (χ1v) is 7.36. The van der Waals surface area contributed by atoms with Gasteiger partial charge in [0.05, 0.1) is 14.2 Å². The Morgan fingerprint density at radius 2 is 1.85 bits per heavy atom. The van der Waals surface area contributed by atoms with Crippen molar-refractivity contribution in [3.63, 3.8) is 0 Å². The van der Waals surface area contributed by atoms with Gasteiger partial charge in [-0.25, -0.2) is 0 Å². The molecule has 1 heterocycles. The number of hydrogen-bond acceptors (Lipinski definition) is 6. The van der Waals surface area contributed by atoms with Crippen molar-refractivity contribution in [2.45, 2.75) is 25.8 Å². The van der Waals surface area contributed by atoms with Crippen molar-refractivity contribution in [2.75, 3.05) is 27.3 Å². The molecule has 1 atom stereocenters. The molecule has 5 nitrogen and oxygen atoms in total. The van der Waals surface area contributed by atoms with E-state index < -0.39 is 0 Å². The number of nitrogens with zero attached hydrogens (tertiary/aromatic N) is 1. The number of benzene rings is 1. The second-order valence-corrected chi connectivity index (χ2v) is 5.25. The van der Waals surface area contributed by atoms with Crippen molar-refractivity contribution in [1.29, 1.82) is 0 Å². The summed E-state index contributed by atoms with van der Waals surface area (Å²) in [7, 11) is 3.15. The van der Waals surface area contributed by atoms with Crippen molar-refractivity contribution < 1.29 is 18.2 Å². The molecule has 1 N–H and O–H groups in total. The van der Waals surface area contributed by atoms with Gasteiger partial charge in [-0.2, -0.15) is 0 Å². The lowest BCUT2D eigenvalue weighted by atomic mass is 10.0. The minimum absolute atomic E-state index is 0.283. The third-order valence-corrected chi connectivity index (χ3v) is 3.93. The zero-order valence-corrected chi connectivity index (χ0v) is 12.9. The van der Waals surface area contributed by atoms with Gasteiger partial charge in [-0.05, 0) is 50.6 Å². The first-order valence-electron chi connectivity index (χ1n) is 6.66. The fraction of sp³-hybridized carbons (Fsp3) is 0.571. The molecule has 1 aliphatic rings. The Kier molecular flexibility index (Phi) is 5.39. The van der Waals surface area contributed by atoms with E-state index in [0.717, 1.165) is 12.0 Å². The second-order valence-electron chi connectivity index (χ2n) is 4.93. The predicted octanol–water partition coefficient (Wildman–Crippen LogP) is 2.84. The maximum atomic E-state index is 8.86. The van der Waals surface area contributed by atoms with Gasteiger partial charge in [0.2, 0.25) is 18.1 Å². The van der Waals surface area contributed by atoms with E-state index in [2.05, 4.69) is 11.8 Å². The Bertz CT molecular complexity index is 426. The topological polar surface area (TPSA) is 51.2 Å². The van der Waals surface area contributed by atoms with Crippen LogP contribution in [0.3, 0.4) is 0 Å². The molecule has 0 spiro atoms. The Morgan fingerprint density at radius 3 is 2.25 bits per heavy atom. The average molecular weight is 299 g/mol. The molecule has 0 radical (unpaired) electrons. The summed E-state index contributed by atoms with van der Waals surface area (Å²) in [5, 5.41) is 0. The highest BCUT2D eigenvalue weighted by atomic mass is 32.2. The van der Waals surface area contributed by atoms with Gasteiger partial charge >= 0.3 is 0 Å². The van der Waals surface area contributed by atoms with Gasteiger partial charge in [0.1, 0.15) is 0 Å². The normalized spacial score (nSPS) is 16.4. The maximum Gasteiger partial charge on any atom is 0.223 e. The molecule has 20 heavy (non-hydrogen) atoms. The van der Waals surface area contributed by atoms with Crippen LogP contribution in [0.1, 0.15) is 18.9 Å². The molecule has 2 rings (SSSR count). The molecule has 1 fully saturated rings. The van der Waals surface area contributed by atoms with Crippen LogP contribution in [0, 0.1) is 0 Å². The molecule has 1 aromatic rings. The molecule has 0 amide bonds. The molecule has 1 unspecified atom stereocenters. The Balaban J connectivity index is 2.20. The molecular formula is C14H21NO4S. The van der Waals surface area contributed by atoms with Crippen molar-refractivity contribution in [1.82, 2.24) is 4.90 Å². The number of rotatable bonds is 7. The number of methoxy groups -OCH3 is 2. The van der Waals surface area contributed by atoms with Gasteiger partial charge in [0, 0.05) is 6.04 Å². The highest BCUT2D eigenvalue weighted by Gasteiger charge is 2.22. The zero-order chi connectivity index (χ0) is 14.5. The van der Waals surface area contributed by atoms with E-state index in [9.17, 15) is 0 Å². The van der Waals surface area contributed by atoms with Crippen molar-refractivity contribution in [2.24, 2.45) is 0 Å². The molecule has 1 aromatic carbocycles. The molecular weight excluding hydrogens is 278 g/mol. The summed E-state index contributed by atoms with van der Waals surface area (Å²) in [6.45, 7) is 4.58. The monoisotopic (exact) mass is 299 g/mol. The first kappa shape index (κ1) is 15.3. The molecule has 0 saturated carbocycles. The summed E-state index contributed by atoms with van der Waals surface area (Å²) in [6, 6.07) is 4.37. The Hall–Kier alpha value is -1.11. The number of hydrogen-bond donors (Lipinski definition) is 1. The molecule has 0 aliphatic carbocycles. The quantitative estimate of drug-likeness (QED) is 0.781. The van der Waals surface area contributed by atoms with Crippen LogP contribution in [0.2, 0.25) is 0 Å². The zero-order valence-electron chi connectivity index (χ0n) is 12.1. The molecule has 1 saturated heterocycles. The summed E-state index contributed by atoms with van der Waals surface area (Å²) in [4.78, 5) is 2.45. The molecule has 6 heteroatoms. The molecule has 112 valence electrons. The Labute approximate surface area is 124 Å². The lowest BCUT2D eigenvalue weighted by Crippen LogP contribution is -2.44. The fourth-order valence-corrected chi connectivity index (χ4v) is 2.66. The van der Waals surface area contributed by atoms with E-state index in [-0.39, 0.29) is 12.3 Å². The number of ether oxygens (including phenoxy) is 2. The van der Waals surface area contributed by atoms with Gasteiger partial charge in [-0.3, -0.25) is 4.55 Å². The first-order chi connectivity index (χ1) is 9.69. The number of likely N-dealkylation sites (tertiary alicyclic amines) is 1. The lowest BCUT2D eigenvalue weighted by Gasteiger charge is -2.36. The van der Waals surface area contributed by atoms with Gasteiger partial charge in [0.25, 0.3) is 0 Å². The SMILES string of the molecule is COc1cc(CC(C)N2CCC2)cc(OC)c1OSO. The average Bonchev–Trinajstić information content (AvgIpc) is 2.38. The van der Waals surface area contributed by atoms with Crippen LogP contribution in [-0.2, 0) is 6.42 Å². The Morgan fingerprint density at radius 1 is 1.25 bits per heavy atom. The summed E-state index contributed by atoms with van der Waals surface area (Å²) in [5.74, 6) is 1.54. The standard InChI is InChI=1S/C14H21NO4S/c1-10(15-5-4-6-15)7-11-8-12(17-2)14(19-20-16)13(9-11)18-3/h8-10,16H,4-7H2,1-3H3. The largest absolute Gasteiger partial charge is 0.493 e. The molecule has 0 aromatic heterocycles. The molecule has 1 aliphatic heterocycles. The van der Waals surface area contributed by atoms with Crippen LogP contribution >= 0.6 is 12.3 Å². The van der Waals surface area contributed by atoms with Crippen LogP contribution in [0.25, 0.3) is 0 Å². The van der Waals surface area contributed by atoms with Crippen molar-refractivity contribution >= 4 is 12.3 Å². The smallest absolute Gasteiger partial charge is 0.223 e. The molecule has 0 bridgehead atoms. The third kappa shape index (κ3) is 3.31. The van der Waals surface area contributed by atoms with Crippen LogP contribution < -0.4 is 13.7 Å². The van der Waals surface area contributed by atoms with Crippen molar-refractivity contribution in [3.8, 4) is 17.2 Å². The maximum absolute atomic E-state index is 8.86. The van der Waals surface area contributed by atoms with Crippen LogP contribution in [0.5, 0.6) is 17.2 Å². The summed E-state index contributed by atoms with van der Waals surface area (Å²) in [6.07, 6.45) is 2.22. The van der Waals surface area contributed by atoms with E-state index in [1.165, 1.54) is 19.5 Å². The highest BCUT2D eigenvalue weighted by molar-refractivity contribution is 7.89. The lowest BCUT2D eigenvalue weighted by molar-refractivity contribution is 0.128. The van der Waals surface area contributed by atoms with Gasteiger partial charge < -0.3 is 18.6 Å². The summed E-state index contributed by atoms with van der Waals surface area (Å²) >= 11 is 0.283. The van der Waals surface area contributed by atoms with E-state index in [1.54, 1.807) is 14.2 Å².